The van der Waals surface area contributed by atoms with Gasteiger partial charge in [0.15, 0.2) is 12.4 Å². The van der Waals surface area contributed by atoms with Gasteiger partial charge in [-0.25, -0.2) is 4.98 Å². The topological polar surface area (TPSA) is 92.3 Å². The van der Waals surface area contributed by atoms with E-state index in [2.05, 4.69) is 10.3 Å². The van der Waals surface area contributed by atoms with Crippen LogP contribution in [0.5, 0.6) is 11.5 Å². The first-order chi connectivity index (χ1) is 13.0. The van der Waals surface area contributed by atoms with Crippen LogP contribution < -0.4 is 19.5 Å². The lowest BCUT2D eigenvalue weighted by molar-refractivity contribution is -0.605. The Morgan fingerprint density at radius 2 is 1.96 bits per heavy atom. The van der Waals surface area contributed by atoms with Gasteiger partial charge in [0.2, 0.25) is 0 Å². The molecule has 1 amide bonds. The molecule has 0 saturated carbocycles. The van der Waals surface area contributed by atoms with E-state index in [0.717, 1.165) is 5.56 Å². The summed E-state index contributed by atoms with van der Waals surface area (Å²) < 4.78 is 13.1. The molecule has 2 aromatic heterocycles. The summed E-state index contributed by atoms with van der Waals surface area (Å²) in [5, 5.41) is 14.4. The van der Waals surface area contributed by atoms with Crippen molar-refractivity contribution in [2.24, 2.45) is 7.05 Å². The number of aryl methyl sites for hydroxylation is 1. The predicted molar refractivity (Wildman–Crippen MR) is 97.5 cm³/mol. The lowest BCUT2D eigenvalue weighted by atomic mass is 10.0. The molecule has 0 bridgehead atoms. The Hall–Kier alpha value is -3.55. The van der Waals surface area contributed by atoms with E-state index in [0.29, 0.717) is 22.1 Å². The van der Waals surface area contributed by atoms with Gasteiger partial charge in [-0.15, -0.1) is 0 Å². The van der Waals surface area contributed by atoms with Gasteiger partial charge in [0, 0.05) is 31.6 Å². The second-order valence-electron chi connectivity index (χ2n) is 5.90. The monoisotopic (exact) mass is 368 g/mol. The average Bonchev–Trinajstić information content (AvgIpc) is 3.11. The first-order valence-electron chi connectivity index (χ1n) is 8.21. The molecule has 8 heteroatoms. The largest absolute Gasteiger partial charge is 0.619 e. The minimum atomic E-state index is -0.568. The zero-order chi connectivity index (χ0) is 19.4. The third-order valence-corrected chi connectivity index (χ3v) is 4.14. The van der Waals surface area contributed by atoms with Crippen LogP contribution in [-0.2, 0) is 7.05 Å². The van der Waals surface area contributed by atoms with E-state index in [-0.39, 0.29) is 5.56 Å². The van der Waals surface area contributed by atoms with Crippen LogP contribution in [0.2, 0.25) is 0 Å². The number of ether oxygens (including phenoxy) is 2. The summed E-state index contributed by atoms with van der Waals surface area (Å²) in [6, 6.07) is 7.89. The number of nitrogens with zero attached hydrogens (tertiary/aromatic N) is 3. The van der Waals surface area contributed by atoms with Gasteiger partial charge >= 0.3 is 0 Å². The maximum absolute atomic E-state index is 12.7. The summed E-state index contributed by atoms with van der Waals surface area (Å²) in [4.78, 5) is 17.1. The van der Waals surface area contributed by atoms with Crippen LogP contribution in [0.15, 0.2) is 55.1 Å². The quantitative estimate of drug-likeness (QED) is 0.527. The lowest BCUT2D eigenvalue weighted by Crippen LogP contribution is -2.33. The number of methoxy groups -OCH3 is 2. The summed E-state index contributed by atoms with van der Waals surface area (Å²) in [5.41, 5.74) is 0.987. The number of nitrogens with one attached hydrogen (secondary N) is 1. The minimum absolute atomic E-state index is 0.251. The molecular formula is C19H20N4O4. The number of rotatable bonds is 6. The van der Waals surface area contributed by atoms with E-state index in [1.807, 2.05) is 11.6 Å². The number of imidazole rings is 1. The second kappa shape index (κ2) is 7.77. The van der Waals surface area contributed by atoms with Gasteiger partial charge in [-0.05, 0) is 23.8 Å². The van der Waals surface area contributed by atoms with Crippen molar-refractivity contribution in [1.29, 1.82) is 0 Å². The van der Waals surface area contributed by atoms with Gasteiger partial charge < -0.3 is 24.6 Å². The van der Waals surface area contributed by atoms with Crippen LogP contribution in [0.3, 0.4) is 0 Å². The summed E-state index contributed by atoms with van der Waals surface area (Å²) in [6.07, 6.45) is 5.98. The van der Waals surface area contributed by atoms with Crippen LogP contribution >= 0.6 is 0 Å². The van der Waals surface area contributed by atoms with E-state index in [9.17, 15) is 10.0 Å². The molecule has 0 spiro atoms. The normalized spacial score (nSPS) is 11.7. The maximum Gasteiger partial charge on any atom is 0.258 e. The number of pyridine rings is 1. The minimum Gasteiger partial charge on any atom is -0.619 e. The Balaban J connectivity index is 2.02. The van der Waals surface area contributed by atoms with Crippen LogP contribution in [0, 0.1) is 5.21 Å². The van der Waals surface area contributed by atoms with Gasteiger partial charge in [-0.1, -0.05) is 0 Å². The number of carbonyl (C=O) groups is 1. The first-order valence-corrected chi connectivity index (χ1v) is 8.21. The highest BCUT2D eigenvalue weighted by Crippen LogP contribution is 2.29. The van der Waals surface area contributed by atoms with E-state index in [1.54, 1.807) is 50.9 Å². The van der Waals surface area contributed by atoms with Crippen molar-refractivity contribution in [2.45, 2.75) is 6.04 Å². The molecular weight excluding hydrogens is 348 g/mol. The molecule has 3 aromatic rings. The summed E-state index contributed by atoms with van der Waals surface area (Å²) in [5.74, 6) is 1.42. The Kier molecular flexibility index (Phi) is 5.25. The highest BCUT2D eigenvalue weighted by atomic mass is 16.5. The standard InChI is InChI=1S/C19H20N4O4/c1-22-8-6-20-18(22)17(14-9-15(26-2)11-16(10-14)27-3)21-19(24)13-5-4-7-23(25)12-13/h4-12,17H,1-3H3,(H,21,24)/t17-/m0/s1. The number of carbonyl (C=O) groups excluding carboxylic acids is 1. The lowest BCUT2D eigenvalue weighted by Gasteiger charge is -2.20. The van der Waals surface area contributed by atoms with Gasteiger partial charge in [0.25, 0.3) is 5.91 Å². The van der Waals surface area contributed by atoms with Gasteiger partial charge in [0.1, 0.15) is 28.9 Å². The molecule has 0 radical (unpaired) electrons. The van der Waals surface area contributed by atoms with E-state index < -0.39 is 11.9 Å². The number of amides is 1. The van der Waals surface area contributed by atoms with Gasteiger partial charge in [-0.3, -0.25) is 4.79 Å². The molecule has 0 fully saturated rings. The van der Waals surface area contributed by atoms with E-state index in [4.69, 9.17) is 9.47 Å². The molecule has 0 unspecified atom stereocenters. The van der Waals surface area contributed by atoms with Crippen molar-refractivity contribution in [2.75, 3.05) is 14.2 Å². The van der Waals surface area contributed by atoms with Crippen molar-refractivity contribution in [3.63, 3.8) is 0 Å². The van der Waals surface area contributed by atoms with Gasteiger partial charge in [-0.2, -0.15) is 4.73 Å². The van der Waals surface area contributed by atoms with Crippen molar-refractivity contribution >= 4 is 5.91 Å². The molecule has 0 aliphatic rings. The van der Waals surface area contributed by atoms with Crippen LogP contribution in [-0.4, -0.2) is 29.7 Å². The smallest absolute Gasteiger partial charge is 0.258 e. The molecule has 3 rings (SSSR count). The molecule has 1 aromatic carbocycles. The highest BCUT2D eigenvalue weighted by molar-refractivity contribution is 5.94. The Morgan fingerprint density at radius 3 is 2.52 bits per heavy atom. The maximum atomic E-state index is 12.7. The SMILES string of the molecule is COc1cc(OC)cc([C@H](NC(=O)c2ccc[n+]([O-])c2)c2nccn2C)c1. The fraction of sp³-hybridized carbons (Fsp3) is 0.211. The van der Waals surface area contributed by atoms with Crippen LogP contribution in [0.25, 0.3) is 0 Å². The Bertz CT molecular complexity index is 932. The molecule has 2 heterocycles. The third-order valence-electron chi connectivity index (χ3n) is 4.14. The zero-order valence-electron chi connectivity index (χ0n) is 15.2. The fourth-order valence-electron chi connectivity index (χ4n) is 2.75. The summed E-state index contributed by atoms with van der Waals surface area (Å²) >= 11 is 0. The molecule has 0 aliphatic heterocycles. The average molecular weight is 368 g/mol. The van der Waals surface area contributed by atoms with Crippen LogP contribution in [0.1, 0.15) is 27.8 Å². The number of hydrogen-bond donors (Lipinski definition) is 1. The first kappa shape index (κ1) is 18.2. The second-order valence-corrected chi connectivity index (χ2v) is 5.90. The summed E-state index contributed by atoms with van der Waals surface area (Å²) in [7, 11) is 4.96. The Morgan fingerprint density at radius 1 is 1.26 bits per heavy atom. The van der Waals surface area contributed by atoms with Crippen molar-refractivity contribution in [3.05, 3.63) is 77.3 Å². The summed E-state index contributed by atoms with van der Waals surface area (Å²) in [6.45, 7) is 0. The fourth-order valence-corrected chi connectivity index (χ4v) is 2.75. The number of benzene rings is 1. The molecule has 8 nitrogen and oxygen atoms in total. The van der Waals surface area contributed by atoms with E-state index in [1.165, 1.54) is 18.5 Å². The predicted octanol–water partition coefficient (Wildman–Crippen LogP) is 1.59. The molecule has 1 atom stereocenters. The van der Waals surface area contributed by atoms with Crippen molar-refractivity contribution in [1.82, 2.24) is 14.9 Å². The van der Waals surface area contributed by atoms with Crippen molar-refractivity contribution in [3.8, 4) is 11.5 Å². The number of hydrogen-bond acceptors (Lipinski definition) is 5. The highest BCUT2D eigenvalue weighted by Gasteiger charge is 2.23. The Labute approximate surface area is 156 Å². The molecule has 27 heavy (non-hydrogen) atoms. The molecule has 1 N–H and O–H groups in total. The van der Waals surface area contributed by atoms with E-state index >= 15 is 0 Å². The van der Waals surface area contributed by atoms with Gasteiger partial charge in [0.05, 0.1) is 14.2 Å². The molecule has 0 aliphatic carbocycles. The van der Waals surface area contributed by atoms with Crippen LogP contribution in [0.4, 0.5) is 0 Å². The zero-order valence-corrected chi connectivity index (χ0v) is 15.2. The third kappa shape index (κ3) is 4.00. The molecule has 0 saturated heterocycles. The van der Waals surface area contributed by atoms with Crippen molar-refractivity contribution < 1.29 is 19.0 Å². The molecule has 140 valence electrons. The number of aromatic nitrogens is 3.